The Labute approximate surface area is 177 Å². The summed E-state index contributed by atoms with van der Waals surface area (Å²) in [6, 6.07) is 12.4. The zero-order chi connectivity index (χ0) is 21.7. The molecule has 0 atom stereocenters. The van der Waals surface area contributed by atoms with E-state index in [1.54, 1.807) is 35.4 Å². The Morgan fingerprint density at radius 2 is 1.83 bits per heavy atom. The minimum Gasteiger partial charge on any atom is -0.493 e. The van der Waals surface area contributed by atoms with Gasteiger partial charge in [0.05, 0.1) is 24.2 Å². The number of amides is 1. The number of likely N-dealkylation sites (N-methyl/N-ethyl adjacent to an activating group) is 1. The van der Waals surface area contributed by atoms with E-state index in [0.29, 0.717) is 6.54 Å². The first-order valence-corrected chi connectivity index (χ1v) is 10.1. The van der Waals surface area contributed by atoms with E-state index in [2.05, 4.69) is 9.72 Å². The number of hydrogen-bond acceptors (Lipinski definition) is 5. The van der Waals surface area contributed by atoms with Crippen molar-refractivity contribution in [1.82, 2.24) is 9.88 Å². The molecule has 1 amide bonds. The van der Waals surface area contributed by atoms with Crippen molar-refractivity contribution in [3.63, 3.8) is 0 Å². The van der Waals surface area contributed by atoms with Crippen molar-refractivity contribution in [2.45, 2.75) is 26.5 Å². The lowest BCUT2D eigenvalue weighted by Gasteiger charge is -2.18. The Morgan fingerprint density at radius 3 is 2.43 bits per heavy atom. The molecule has 0 saturated heterocycles. The number of benzene rings is 2. The van der Waals surface area contributed by atoms with E-state index in [-0.39, 0.29) is 23.8 Å². The van der Waals surface area contributed by atoms with Crippen LogP contribution in [0.15, 0.2) is 47.8 Å². The van der Waals surface area contributed by atoms with Crippen LogP contribution in [0.3, 0.4) is 0 Å². The van der Waals surface area contributed by atoms with E-state index in [9.17, 15) is 13.6 Å². The van der Waals surface area contributed by atoms with Crippen LogP contribution < -0.4 is 9.47 Å². The molecule has 0 aliphatic rings. The van der Waals surface area contributed by atoms with Gasteiger partial charge >= 0.3 is 6.61 Å². The second-order valence-electron chi connectivity index (χ2n) is 6.74. The maximum Gasteiger partial charge on any atom is 0.387 e. The largest absolute Gasteiger partial charge is 0.493 e. The average molecular weight is 432 g/mol. The third kappa shape index (κ3) is 5.54. The molecule has 3 aromatic rings. The van der Waals surface area contributed by atoms with Crippen molar-refractivity contribution in [2.24, 2.45) is 0 Å². The molecule has 0 bridgehead atoms. The van der Waals surface area contributed by atoms with Gasteiger partial charge in [-0.2, -0.15) is 8.78 Å². The minimum atomic E-state index is -2.93. The zero-order valence-electron chi connectivity index (χ0n) is 16.9. The lowest BCUT2D eigenvalue weighted by atomic mass is 10.1. The molecule has 1 heterocycles. The van der Waals surface area contributed by atoms with Gasteiger partial charge in [0.25, 0.3) is 0 Å². The highest BCUT2D eigenvalue weighted by Gasteiger charge is 2.14. The van der Waals surface area contributed by atoms with Gasteiger partial charge < -0.3 is 14.4 Å². The first-order chi connectivity index (χ1) is 14.4. The van der Waals surface area contributed by atoms with Crippen LogP contribution >= 0.6 is 11.3 Å². The van der Waals surface area contributed by atoms with Crippen molar-refractivity contribution >= 4 is 17.2 Å². The summed E-state index contributed by atoms with van der Waals surface area (Å²) in [6.45, 7) is -0.647. The molecule has 0 radical (unpaired) electrons. The second kappa shape index (κ2) is 9.67. The standard InChI is InChI=1S/C22H22F2N2O3S/c1-14-25-18(13-30-14)17-7-4-15(5-8-17)11-21(27)26(2)12-16-6-9-19(29-22(23)24)20(10-16)28-3/h4-10,13,22H,11-12H2,1-3H3. The molecule has 8 heteroatoms. The fraction of sp³-hybridized carbons (Fsp3) is 0.273. The van der Waals surface area contributed by atoms with Gasteiger partial charge in [0.2, 0.25) is 5.91 Å². The normalized spacial score (nSPS) is 10.9. The number of ether oxygens (including phenoxy) is 2. The predicted octanol–water partition coefficient (Wildman–Crippen LogP) is 4.93. The van der Waals surface area contributed by atoms with Gasteiger partial charge in [0.15, 0.2) is 11.5 Å². The van der Waals surface area contributed by atoms with Crippen molar-refractivity contribution in [2.75, 3.05) is 14.2 Å². The summed E-state index contributed by atoms with van der Waals surface area (Å²) in [6.07, 6.45) is 0.261. The molecule has 0 saturated carbocycles. The van der Waals surface area contributed by atoms with Crippen molar-refractivity contribution in [1.29, 1.82) is 0 Å². The number of aryl methyl sites for hydroxylation is 1. The molecule has 0 fully saturated rings. The van der Waals surface area contributed by atoms with Gasteiger partial charge in [-0.05, 0) is 30.2 Å². The molecule has 3 rings (SSSR count). The van der Waals surface area contributed by atoms with Crippen LogP contribution in [0.25, 0.3) is 11.3 Å². The van der Waals surface area contributed by atoms with Gasteiger partial charge in [-0.1, -0.05) is 30.3 Å². The summed E-state index contributed by atoms with van der Waals surface area (Å²) in [7, 11) is 3.08. The molecule has 0 aliphatic carbocycles. The van der Waals surface area contributed by atoms with Gasteiger partial charge in [-0.3, -0.25) is 4.79 Å². The Morgan fingerprint density at radius 1 is 1.13 bits per heavy atom. The van der Waals surface area contributed by atoms with Crippen LogP contribution in [0.2, 0.25) is 0 Å². The quantitative estimate of drug-likeness (QED) is 0.507. The smallest absolute Gasteiger partial charge is 0.387 e. The zero-order valence-corrected chi connectivity index (χ0v) is 17.7. The van der Waals surface area contributed by atoms with E-state index in [4.69, 9.17) is 4.74 Å². The van der Waals surface area contributed by atoms with E-state index in [0.717, 1.165) is 27.4 Å². The van der Waals surface area contributed by atoms with Crippen LogP contribution in [0.4, 0.5) is 8.78 Å². The lowest BCUT2D eigenvalue weighted by molar-refractivity contribution is -0.129. The fourth-order valence-corrected chi connectivity index (χ4v) is 3.59. The molecule has 158 valence electrons. The number of hydrogen-bond donors (Lipinski definition) is 0. The molecule has 1 aromatic heterocycles. The number of carbonyl (C=O) groups excluding carboxylic acids is 1. The molecular formula is C22H22F2N2O3S. The molecule has 2 aromatic carbocycles. The van der Waals surface area contributed by atoms with E-state index in [1.165, 1.54) is 13.2 Å². The number of alkyl halides is 2. The Bertz CT molecular complexity index is 1010. The Kier molecular flexibility index (Phi) is 6.99. The Hall–Kier alpha value is -3.00. The number of carbonyl (C=O) groups is 1. The molecule has 0 aliphatic heterocycles. The third-order valence-electron chi connectivity index (χ3n) is 4.51. The first kappa shape index (κ1) is 21.7. The number of rotatable bonds is 8. The number of aromatic nitrogens is 1. The molecule has 30 heavy (non-hydrogen) atoms. The number of thiazole rings is 1. The topological polar surface area (TPSA) is 51.7 Å². The van der Waals surface area contributed by atoms with E-state index >= 15 is 0 Å². The highest BCUT2D eigenvalue weighted by Crippen LogP contribution is 2.30. The highest BCUT2D eigenvalue weighted by molar-refractivity contribution is 7.09. The van der Waals surface area contributed by atoms with Crippen LogP contribution in [0.1, 0.15) is 16.1 Å². The van der Waals surface area contributed by atoms with Crippen LogP contribution in [0.5, 0.6) is 11.5 Å². The van der Waals surface area contributed by atoms with E-state index < -0.39 is 6.61 Å². The SMILES string of the molecule is COc1cc(CN(C)C(=O)Cc2ccc(-c3csc(C)n3)cc2)ccc1OC(F)F. The van der Waals surface area contributed by atoms with Crippen molar-refractivity contribution in [3.05, 3.63) is 64.0 Å². The number of halogens is 2. The lowest BCUT2D eigenvalue weighted by Crippen LogP contribution is -2.27. The molecular weight excluding hydrogens is 410 g/mol. The third-order valence-corrected chi connectivity index (χ3v) is 5.29. The maximum atomic E-state index is 12.6. The second-order valence-corrected chi connectivity index (χ2v) is 7.80. The molecule has 0 N–H and O–H groups in total. The van der Waals surface area contributed by atoms with Crippen molar-refractivity contribution in [3.8, 4) is 22.8 Å². The summed E-state index contributed by atoms with van der Waals surface area (Å²) in [5.74, 6) is 0.0984. The summed E-state index contributed by atoms with van der Waals surface area (Å²) in [5.41, 5.74) is 3.60. The first-order valence-electron chi connectivity index (χ1n) is 9.23. The molecule has 0 unspecified atom stereocenters. The number of methoxy groups -OCH3 is 1. The van der Waals surface area contributed by atoms with Crippen LogP contribution in [-0.4, -0.2) is 36.6 Å². The van der Waals surface area contributed by atoms with Gasteiger partial charge in [-0.25, -0.2) is 4.98 Å². The Balaban J connectivity index is 1.62. The average Bonchev–Trinajstić information content (AvgIpc) is 3.15. The van der Waals surface area contributed by atoms with Crippen LogP contribution in [-0.2, 0) is 17.8 Å². The molecule has 5 nitrogen and oxygen atoms in total. The van der Waals surface area contributed by atoms with E-state index in [1.807, 2.05) is 36.6 Å². The summed E-state index contributed by atoms with van der Waals surface area (Å²) >= 11 is 1.60. The fourth-order valence-electron chi connectivity index (χ4n) is 2.96. The molecule has 0 spiro atoms. The number of nitrogens with zero attached hydrogens (tertiary/aromatic N) is 2. The van der Waals surface area contributed by atoms with Gasteiger partial charge in [0, 0.05) is 24.5 Å². The van der Waals surface area contributed by atoms with Gasteiger partial charge in [0.1, 0.15) is 0 Å². The monoisotopic (exact) mass is 432 g/mol. The van der Waals surface area contributed by atoms with Crippen LogP contribution in [0, 0.1) is 6.92 Å². The highest BCUT2D eigenvalue weighted by atomic mass is 32.1. The maximum absolute atomic E-state index is 12.6. The van der Waals surface area contributed by atoms with Crippen molar-refractivity contribution < 1.29 is 23.0 Å². The summed E-state index contributed by atoms with van der Waals surface area (Å²) < 4.78 is 34.4. The van der Waals surface area contributed by atoms with Gasteiger partial charge in [-0.15, -0.1) is 11.3 Å². The minimum absolute atomic E-state index is 0.0411. The predicted molar refractivity (Wildman–Crippen MR) is 112 cm³/mol. The summed E-state index contributed by atoms with van der Waals surface area (Å²) in [4.78, 5) is 18.7. The summed E-state index contributed by atoms with van der Waals surface area (Å²) in [5, 5.41) is 3.02.